The second kappa shape index (κ2) is 8.46. The molecule has 0 saturated heterocycles. The average Bonchev–Trinajstić information content (AvgIpc) is 3.15. The van der Waals surface area contributed by atoms with E-state index in [2.05, 4.69) is 20.8 Å². The van der Waals surface area contributed by atoms with Gasteiger partial charge in [-0.25, -0.2) is 0 Å². The Morgan fingerprint density at radius 2 is 2.04 bits per heavy atom. The maximum absolute atomic E-state index is 12.2. The summed E-state index contributed by atoms with van der Waals surface area (Å²) in [6.45, 7) is 0.537. The molecule has 132 valence electrons. The van der Waals surface area contributed by atoms with E-state index in [1.807, 2.05) is 30.3 Å². The number of carbonyl (C=O) groups excluding carboxylic acids is 1. The highest BCUT2D eigenvalue weighted by molar-refractivity contribution is 5.92. The molecule has 1 heterocycles. The van der Waals surface area contributed by atoms with Crippen molar-refractivity contribution in [2.24, 2.45) is 0 Å². The highest BCUT2D eigenvalue weighted by Gasteiger charge is 2.15. The second-order valence-corrected chi connectivity index (χ2v) is 6.29. The number of nitrogens with one attached hydrogen (secondary N) is 2. The third-order valence-corrected chi connectivity index (χ3v) is 4.44. The predicted octanol–water partition coefficient (Wildman–Crippen LogP) is 2.81. The molecule has 0 spiro atoms. The summed E-state index contributed by atoms with van der Waals surface area (Å²) in [5.74, 6) is 1.35. The molecule has 0 atom stereocenters. The molecule has 1 saturated carbocycles. The Hall–Kier alpha value is -2.63. The first-order valence-electron chi connectivity index (χ1n) is 8.76. The minimum absolute atomic E-state index is 0.206. The van der Waals surface area contributed by atoms with Crippen LogP contribution in [0.4, 0.5) is 5.82 Å². The van der Waals surface area contributed by atoms with Gasteiger partial charge in [0.15, 0.2) is 5.69 Å². The van der Waals surface area contributed by atoms with Gasteiger partial charge in [-0.05, 0) is 49.1 Å². The number of hydrogen-bond donors (Lipinski definition) is 2. The lowest BCUT2D eigenvalue weighted by Gasteiger charge is -2.12. The molecule has 1 aliphatic carbocycles. The zero-order chi connectivity index (χ0) is 17.5. The minimum atomic E-state index is -0.206. The third kappa shape index (κ3) is 4.92. The lowest BCUT2D eigenvalue weighted by atomic mass is 10.1. The smallest absolute Gasteiger partial charge is 0.271 e. The van der Waals surface area contributed by atoms with E-state index >= 15 is 0 Å². The Labute approximate surface area is 148 Å². The summed E-state index contributed by atoms with van der Waals surface area (Å²) in [6.07, 6.45) is 5.61. The lowest BCUT2D eigenvalue weighted by Crippen LogP contribution is -2.27. The largest absolute Gasteiger partial charge is 0.497 e. The van der Waals surface area contributed by atoms with Gasteiger partial charge in [-0.2, -0.15) is 0 Å². The van der Waals surface area contributed by atoms with Crippen LogP contribution in [-0.2, 0) is 6.42 Å². The van der Waals surface area contributed by atoms with E-state index < -0.39 is 0 Å². The number of carbonyl (C=O) groups is 1. The van der Waals surface area contributed by atoms with Crippen molar-refractivity contribution in [1.82, 2.24) is 15.5 Å². The SMILES string of the molecule is COc1cccc(CCNC(=O)c2ccc(NC3CCCC3)nn2)c1. The van der Waals surface area contributed by atoms with Gasteiger partial charge in [-0.1, -0.05) is 25.0 Å². The molecule has 1 aromatic heterocycles. The van der Waals surface area contributed by atoms with Crippen LogP contribution < -0.4 is 15.4 Å². The maximum atomic E-state index is 12.2. The van der Waals surface area contributed by atoms with Crippen LogP contribution in [0, 0.1) is 0 Å². The Bertz CT molecular complexity index is 697. The number of rotatable bonds is 7. The van der Waals surface area contributed by atoms with Crippen LogP contribution in [0.25, 0.3) is 0 Å². The number of nitrogens with zero attached hydrogens (tertiary/aromatic N) is 2. The fourth-order valence-corrected chi connectivity index (χ4v) is 3.05. The first kappa shape index (κ1) is 17.2. The summed E-state index contributed by atoms with van der Waals surface area (Å²) < 4.78 is 5.20. The Balaban J connectivity index is 1.47. The van der Waals surface area contributed by atoms with Crippen molar-refractivity contribution < 1.29 is 9.53 Å². The molecular weight excluding hydrogens is 316 g/mol. The molecule has 1 aromatic carbocycles. The first-order chi connectivity index (χ1) is 12.2. The molecule has 0 aliphatic heterocycles. The van der Waals surface area contributed by atoms with Crippen LogP contribution in [0.15, 0.2) is 36.4 Å². The number of ether oxygens (including phenoxy) is 1. The molecule has 1 amide bonds. The first-order valence-corrected chi connectivity index (χ1v) is 8.76. The van der Waals surface area contributed by atoms with Crippen LogP contribution in [-0.4, -0.2) is 35.8 Å². The van der Waals surface area contributed by atoms with Crippen molar-refractivity contribution in [2.45, 2.75) is 38.1 Å². The normalized spacial score (nSPS) is 14.3. The molecule has 0 radical (unpaired) electrons. The van der Waals surface area contributed by atoms with Crippen LogP contribution in [0.1, 0.15) is 41.7 Å². The van der Waals surface area contributed by atoms with E-state index in [9.17, 15) is 4.79 Å². The van der Waals surface area contributed by atoms with Crippen molar-refractivity contribution in [1.29, 1.82) is 0 Å². The standard InChI is InChI=1S/C19H24N4O2/c1-25-16-8-4-5-14(13-16)11-12-20-19(24)17-9-10-18(23-22-17)21-15-6-2-3-7-15/h4-5,8-10,13,15H,2-3,6-7,11-12H2,1H3,(H,20,24)(H,21,23). The number of aromatic nitrogens is 2. The van der Waals surface area contributed by atoms with Crippen LogP contribution >= 0.6 is 0 Å². The van der Waals surface area contributed by atoms with Gasteiger partial charge >= 0.3 is 0 Å². The van der Waals surface area contributed by atoms with Crippen molar-refractivity contribution in [3.63, 3.8) is 0 Å². The van der Waals surface area contributed by atoms with Gasteiger partial charge in [0.2, 0.25) is 0 Å². The molecule has 2 N–H and O–H groups in total. The van der Waals surface area contributed by atoms with E-state index in [1.165, 1.54) is 25.7 Å². The zero-order valence-electron chi connectivity index (χ0n) is 14.5. The summed E-state index contributed by atoms with van der Waals surface area (Å²) in [5.41, 5.74) is 1.45. The molecular formula is C19H24N4O2. The zero-order valence-corrected chi connectivity index (χ0v) is 14.5. The van der Waals surface area contributed by atoms with E-state index in [0.29, 0.717) is 18.3 Å². The second-order valence-electron chi connectivity index (χ2n) is 6.29. The van der Waals surface area contributed by atoms with E-state index in [1.54, 1.807) is 13.2 Å². The summed E-state index contributed by atoms with van der Waals surface area (Å²) in [6, 6.07) is 11.8. The summed E-state index contributed by atoms with van der Waals surface area (Å²) in [5, 5.41) is 14.4. The Morgan fingerprint density at radius 3 is 2.76 bits per heavy atom. The van der Waals surface area contributed by atoms with Gasteiger partial charge in [-0.15, -0.1) is 10.2 Å². The van der Waals surface area contributed by atoms with Crippen molar-refractivity contribution >= 4 is 11.7 Å². The summed E-state index contributed by atoms with van der Waals surface area (Å²) in [7, 11) is 1.64. The number of benzene rings is 1. The number of hydrogen-bond acceptors (Lipinski definition) is 5. The molecule has 6 nitrogen and oxygen atoms in total. The number of methoxy groups -OCH3 is 1. The minimum Gasteiger partial charge on any atom is -0.497 e. The van der Waals surface area contributed by atoms with Crippen LogP contribution in [0.2, 0.25) is 0 Å². The van der Waals surface area contributed by atoms with Gasteiger partial charge in [0.1, 0.15) is 11.6 Å². The van der Waals surface area contributed by atoms with Crippen LogP contribution in [0.5, 0.6) is 5.75 Å². The molecule has 0 unspecified atom stereocenters. The predicted molar refractivity (Wildman–Crippen MR) is 96.9 cm³/mol. The summed E-state index contributed by atoms with van der Waals surface area (Å²) in [4.78, 5) is 12.2. The fourth-order valence-electron chi connectivity index (χ4n) is 3.05. The monoisotopic (exact) mass is 340 g/mol. The molecule has 3 rings (SSSR count). The van der Waals surface area contributed by atoms with Gasteiger partial charge < -0.3 is 15.4 Å². The van der Waals surface area contributed by atoms with Crippen molar-refractivity contribution in [2.75, 3.05) is 19.0 Å². The van der Waals surface area contributed by atoms with E-state index in [0.717, 1.165) is 23.6 Å². The summed E-state index contributed by atoms with van der Waals surface area (Å²) >= 11 is 0. The lowest BCUT2D eigenvalue weighted by molar-refractivity contribution is 0.0948. The molecule has 1 fully saturated rings. The van der Waals surface area contributed by atoms with Crippen molar-refractivity contribution in [3.05, 3.63) is 47.7 Å². The number of amides is 1. The van der Waals surface area contributed by atoms with E-state index in [-0.39, 0.29) is 5.91 Å². The Kier molecular flexibility index (Phi) is 5.82. The molecule has 6 heteroatoms. The van der Waals surface area contributed by atoms with Crippen molar-refractivity contribution in [3.8, 4) is 5.75 Å². The average molecular weight is 340 g/mol. The molecule has 1 aliphatic rings. The van der Waals surface area contributed by atoms with Gasteiger partial charge in [0, 0.05) is 12.6 Å². The third-order valence-electron chi connectivity index (χ3n) is 4.44. The molecule has 2 aromatic rings. The van der Waals surface area contributed by atoms with Gasteiger partial charge in [-0.3, -0.25) is 4.79 Å². The highest BCUT2D eigenvalue weighted by Crippen LogP contribution is 2.21. The molecule has 0 bridgehead atoms. The Morgan fingerprint density at radius 1 is 1.20 bits per heavy atom. The quantitative estimate of drug-likeness (QED) is 0.810. The van der Waals surface area contributed by atoms with Crippen LogP contribution in [0.3, 0.4) is 0 Å². The van der Waals surface area contributed by atoms with Gasteiger partial charge in [0.25, 0.3) is 5.91 Å². The van der Waals surface area contributed by atoms with Gasteiger partial charge in [0.05, 0.1) is 7.11 Å². The molecule has 25 heavy (non-hydrogen) atoms. The maximum Gasteiger partial charge on any atom is 0.271 e. The fraction of sp³-hybridized carbons (Fsp3) is 0.421. The van der Waals surface area contributed by atoms with E-state index in [4.69, 9.17) is 4.74 Å². The highest BCUT2D eigenvalue weighted by atomic mass is 16.5. The topological polar surface area (TPSA) is 76.1 Å². The number of anilines is 1.